The molecule has 2 nitrogen and oxygen atoms in total. The number of hydrogen-bond donors (Lipinski definition) is 1. The lowest BCUT2D eigenvalue weighted by Gasteiger charge is -2.14. The average molecular weight is 253 g/mol. The number of halogens is 1. The predicted molar refractivity (Wildman–Crippen MR) is 58.2 cm³/mol. The van der Waals surface area contributed by atoms with Gasteiger partial charge < -0.3 is 9.84 Å². The maximum atomic E-state index is 9.84. The largest absolute Gasteiger partial charge is 0.506 e. The van der Waals surface area contributed by atoms with Crippen LogP contribution in [-0.2, 0) is 0 Å². The van der Waals surface area contributed by atoms with Gasteiger partial charge in [-0.05, 0) is 34.5 Å². The second-order valence-electron chi connectivity index (χ2n) is 2.98. The maximum Gasteiger partial charge on any atom is 0.141 e. The molecule has 0 fully saturated rings. The summed E-state index contributed by atoms with van der Waals surface area (Å²) in [5.74, 6) is 0.904. The molecule has 0 saturated carbocycles. The highest BCUT2D eigenvalue weighted by Crippen LogP contribution is 2.41. The summed E-state index contributed by atoms with van der Waals surface area (Å²) in [6.07, 6.45) is 2.34. The van der Waals surface area contributed by atoms with Gasteiger partial charge in [-0.2, -0.15) is 0 Å². The van der Waals surface area contributed by atoms with Gasteiger partial charge in [0.15, 0.2) is 0 Å². The van der Waals surface area contributed by atoms with Gasteiger partial charge in [-0.25, -0.2) is 0 Å². The second-order valence-corrected chi connectivity index (χ2v) is 3.84. The molecule has 72 valence electrons. The Kier molecular flexibility index (Phi) is 2.36. The van der Waals surface area contributed by atoms with Crippen LogP contribution in [0, 0.1) is 0 Å². The van der Waals surface area contributed by atoms with E-state index < -0.39 is 0 Å². The lowest BCUT2D eigenvalue weighted by molar-refractivity contribution is 0.446. The van der Waals surface area contributed by atoms with E-state index in [0.29, 0.717) is 10.2 Å². The molecule has 0 unspecified atom stereocenters. The van der Waals surface area contributed by atoms with Gasteiger partial charge in [-0.1, -0.05) is 12.7 Å². The summed E-state index contributed by atoms with van der Waals surface area (Å²) in [7, 11) is 0. The van der Waals surface area contributed by atoms with Crippen molar-refractivity contribution in [3.8, 4) is 11.5 Å². The van der Waals surface area contributed by atoms with Crippen LogP contribution in [0.4, 0.5) is 0 Å². The first-order valence-electron chi connectivity index (χ1n) is 4.36. The number of benzene rings is 1. The van der Waals surface area contributed by atoms with Gasteiger partial charge in [-0.15, -0.1) is 0 Å². The standard InChI is InChI=1S/C11H9BrO2/c1-2-7-5-6-14-9-4-3-8(12)11(13)10(7)9/h3-4,6,13H,2H2,1H3. The van der Waals surface area contributed by atoms with Gasteiger partial charge >= 0.3 is 0 Å². The molecular weight excluding hydrogens is 244 g/mol. The number of aromatic hydroxyl groups is 1. The van der Waals surface area contributed by atoms with Crippen LogP contribution in [0.5, 0.6) is 11.5 Å². The minimum atomic E-state index is 0.222. The lowest BCUT2D eigenvalue weighted by Crippen LogP contribution is -1.95. The van der Waals surface area contributed by atoms with Crippen molar-refractivity contribution in [3.05, 3.63) is 34.2 Å². The zero-order chi connectivity index (χ0) is 10.1. The zero-order valence-corrected chi connectivity index (χ0v) is 9.26. The number of ether oxygens (including phenoxy) is 1. The van der Waals surface area contributed by atoms with Crippen LogP contribution in [0.25, 0.3) is 5.57 Å². The molecule has 0 saturated heterocycles. The molecule has 0 aliphatic carbocycles. The van der Waals surface area contributed by atoms with Gasteiger partial charge in [0.1, 0.15) is 17.8 Å². The number of hydrogen-bond acceptors (Lipinski definition) is 2. The van der Waals surface area contributed by atoms with E-state index in [1.54, 1.807) is 6.07 Å². The van der Waals surface area contributed by atoms with Crippen LogP contribution in [0.3, 0.4) is 0 Å². The van der Waals surface area contributed by atoms with E-state index in [2.05, 4.69) is 21.7 Å². The Morgan fingerprint density at radius 2 is 2.29 bits per heavy atom. The molecule has 1 aliphatic heterocycles. The third-order valence-corrected chi connectivity index (χ3v) is 2.80. The lowest BCUT2D eigenvalue weighted by atomic mass is 10.0. The summed E-state index contributed by atoms with van der Waals surface area (Å²) >= 11 is 3.27. The Bertz CT molecular complexity index is 443. The number of rotatable bonds is 1. The third kappa shape index (κ3) is 1.35. The predicted octanol–water partition coefficient (Wildman–Crippen LogP) is 3.45. The SMILES string of the molecule is CCC1=C=COc2ccc(Br)c(O)c21. The molecule has 0 aromatic heterocycles. The Balaban J connectivity index is 2.70. The van der Waals surface area contributed by atoms with Gasteiger partial charge in [0.25, 0.3) is 0 Å². The highest BCUT2D eigenvalue weighted by atomic mass is 79.9. The van der Waals surface area contributed by atoms with Gasteiger partial charge in [0.05, 0.1) is 10.0 Å². The summed E-state index contributed by atoms with van der Waals surface area (Å²) < 4.78 is 5.93. The van der Waals surface area contributed by atoms with Crippen LogP contribution in [0.15, 0.2) is 28.6 Å². The molecule has 0 radical (unpaired) electrons. The molecule has 1 N–H and O–H groups in total. The first-order valence-corrected chi connectivity index (χ1v) is 5.16. The summed E-state index contributed by atoms with van der Waals surface area (Å²) in [5, 5.41) is 9.84. The second kappa shape index (κ2) is 3.52. The molecular formula is C11H9BrO2. The first kappa shape index (κ1) is 9.38. The first-order chi connectivity index (χ1) is 6.74. The van der Waals surface area contributed by atoms with Crippen molar-refractivity contribution in [1.82, 2.24) is 0 Å². The Labute approximate surface area is 90.6 Å². The average Bonchev–Trinajstić information content (AvgIpc) is 2.23. The molecule has 3 heteroatoms. The van der Waals surface area contributed by atoms with Crippen molar-refractivity contribution in [2.45, 2.75) is 13.3 Å². The van der Waals surface area contributed by atoms with Crippen LogP contribution >= 0.6 is 15.9 Å². The molecule has 2 rings (SSSR count). The van der Waals surface area contributed by atoms with Gasteiger partial charge in [-0.3, -0.25) is 0 Å². The van der Waals surface area contributed by atoms with E-state index in [1.807, 2.05) is 13.0 Å². The van der Waals surface area contributed by atoms with Crippen molar-refractivity contribution < 1.29 is 9.84 Å². The monoisotopic (exact) mass is 252 g/mol. The highest BCUT2D eigenvalue weighted by Gasteiger charge is 2.17. The fourth-order valence-corrected chi connectivity index (χ4v) is 1.78. The molecule has 1 heterocycles. The number of phenols is 1. The van der Waals surface area contributed by atoms with Gasteiger partial charge in [0.2, 0.25) is 0 Å². The molecule has 0 spiro atoms. The Morgan fingerprint density at radius 3 is 3.00 bits per heavy atom. The fraction of sp³-hybridized carbons (Fsp3) is 0.182. The van der Waals surface area contributed by atoms with E-state index in [9.17, 15) is 5.11 Å². The molecule has 14 heavy (non-hydrogen) atoms. The Morgan fingerprint density at radius 1 is 1.50 bits per heavy atom. The number of fused-ring (bicyclic) bond motifs is 1. The normalized spacial score (nSPS) is 13.1. The van der Waals surface area contributed by atoms with Crippen molar-refractivity contribution in [1.29, 1.82) is 0 Å². The van der Waals surface area contributed by atoms with E-state index in [-0.39, 0.29) is 5.75 Å². The summed E-state index contributed by atoms with van der Waals surface area (Å²) in [6.45, 7) is 2.02. The molecule has 1 aromatic carbocycles. The van der Waals surface area contributed by atoms with E-state index in [0.717, 1.165) is 17.6 Å². The summed E-state index contributed by atoms with van der Waals surface area (Å²) in [6, 6.07) is 3.59. The van der Waals surface area contributed by atoms with Crippen LogP contribution < -0.4 is 4.74 Å². The summed E-state index contributed by atoms with van der Waals surface area (Å²) in [4.78, 5) is 0. The smallest absolute Gasteiger partial charge is 0.141 e. The minimum absolute atomic E-state index is 0.222. The van der Waals surface area contributed by atoms with E-state index in [1.165, 1.54) is 6.26 Å². The number of allylic oxidation sites excluding steroid dienone is 1. The van der Waals surface area contributed by atoms with Crippen molar-refractivity contribution in [2.24, 2.45) is 0 Å². The van der Waals surface area contributed by atoms with Crippen molar-refractivity contribution in [2.75, 3.05) is 0 Å². The summed E-state index contributed by atoms with van der Waals surface area (Å²) in [5.41, 5.74) is 4.68. The van der Waals surface area contributed by atoms with Gasteiger partial charge in [0, 0.05) is 5.57 Å². The topological polar surface area (TPSA) is 29.5 Å². The van der Waals surface area contributed by atoms with E-state index >= 15 is 0 Å². The molecule has 0 bridgehead atoms. The number of phenolic OH excluding ortho intramolecular Hbond substituents is 1. The minimum Gasteiger partial charge on any atom is -0.506 e. The molecule has 1 aliphatic rings. The maximum absolute atomic E-state index is 9.84. The van der Waals surface area contributed by atoms with Crippen LogP contribution in [0.2, 0.25) is 0 Å². The Hall–Kier alpha value is -1.18. The quantitative estimate of drug-likeness (QED) is 0.776. The fourth-order valence-electron chi connectivity index (χ4n) is 1.45. The molecule has 0 amide bonds. The highest BCUT2D eigenvalue weighted by molar-refractivity contribution is 9.10. The van der Waals surface area contributed by atoms with Crippen LogP contribution in [-0.4, -0.2) is 5.11 Å². The molecule has 1 aromatic rings. The van der Waals surface area contributed by atoms with Crippen molar-refractivity contribution >= 4 is 21.5 Å². The van der Waals surface area contributed by atoms with Crippen LogP contribution in [0.1, 0.15) is 18.9 Å². The van der Waals surface area contributed by atoms with E-state index in [4.69, 9.17) is 4.74 Å². The third-order valence-electron chi connectivity index (χ3n) is 2.16. The zero-order valence-electron chi connectivity index (χ0n) is 7.67. The van der Waals surface area contributed by atoms with Crippen molar-refractivity contribution in [3.63, 3.8) is 0 Å². The molecule has 0 atom stereocenters.